The van der Waals surface area contributed by atoms with Crippen LogP contribution in [0.15, 0.2) is 54.6 Å². The Morgan fingerprint density at radius 2 is 1.52 bits per heavy atom. The first-order valence-electron chi connectivity index (χ1n) is 8.35. The van der Waals surface area contributed by atoms with E-state index in [0.29, 0.717) is 6.42 Å². The third-order valence-electron chi connectivity index (χ3n) is 4.97. The van der Waals surface area contributed by atoms with E-state index >= 15 is 0 Å². The van der Waals surface area contributed by atoms with Crippen molar-refractivity contribution < 1.29 is 4.79 Å². The number of hydrogen-bond acceptors (Lipinski definition) is 1. The van der Waals surface area contributed by atoms with Gasteiger partial charge in [0.15, 0.2) is 6.29 Å². The summed E-state index contributed by atoms with van der Waals surface area (Å²) in [5.74, 6) is 0.266. The van der Waals surface area contributed by atoms with Crippen LogP contribution in [0.4, 0.5) is 0 Å². The fraction of sp³-hybridized carbons (Fsp3) is 0.227. The summed E-state index contributed by atoms with van der Waals surface area (Å²) in [5.41, 5.74) is 1.29. The molecule has 0 fully saturated rings. The summed E-state index contributed by atoms with van der Waals surface area (Å²) in [6.45, 7) is 2.17. The van der Waals surface area contributed by atoms with Crippen LogP contribution < -0.4 is 0 Å². The summed E-state index contributed by atoms with van der Waals surface area (Å²) in [4.78, 5) is 11.0. The lowest BCUT2D eigenvalue weighted by Crippen LogP contribution is -2.01. The van der Waals surface area contributed by atoms with Gasteiger partial charge in [-0.3, -0.25) is 4.79 Å². The van der Waals surface area contributed by atoms with Crippen molar-refractivity contribution in [1.29, 1.82) is 0 Å². The average Bonchev–Trinajstić information content (AvgIpc) is 2.59. The van der Waals surface area contributed by atoms with Gasteiger partial charge in [-0.2, -0.15) is 0 Å². The number of benzene rings is 4. The second kappa shape index (κ2) is 5.66. The Morgan fingerprint density at radius 1 is 0.870 bits per heavy atom. The molecule has 0 amide bonds. The van der Waals surface area contributed by atoms with Gasteiger partial charge in [0.1, 0.15) is 0 Å². The van der Waals surface area contributed by atoms with Crippen molar-refractivity contribution in [3.8, 4) is 0 Å². The van der Waals surface area contributed by atoms with Crippen LogP contribution in [0.1, 0.15) is 37.7 Å². The Labute approximate surface area is 136 Å². The smallest absolute Gasteiger partial charge is 0.199 e. The van der Waals surface area contributed by atoms with Gasteiger partial charge in [0.2, 0.25) is 0 Å². The Hall–Kier alpha value is -2.41. The van der Waals surface area contributed by atoms with Crippen molar-refractivity contribution >= 4 is 38.6 Å². The van der Waals surface area contributed by atoms with E-state index in [2.05, 4.69) is 67.8 Å². The monoisotopic (exact) mass is 299 g/mol. The normalized spacial score (nSPS) is 13.1. The second-order valence-corrected chi connectivity index (χ2v) is 6.34. The number of hydrogen-bond donors (Lipinski definition) is 0. The van der Waals surface area contributed by atoms with Crippen LogP contribution >= 0.6 is 0 Å². The maximum Gasteiger partial charge on any atom is 0.199 e. The molecule has 1 nitrogen and oxygen atoms in total. The fourth-order valence-electron chi connectivity index (χ4n) is 3.93. The molecule has 0 aliphatic rings. The molecule has 23 heavy (non-hydrogen) atoms. The van der Waals surface area contributed by atoms with Gasteiger partial charge in [0, 0.05) is 6.42 Å². The van der Waals surface area contributed by atoms with Gasteiger partial charge in [-0.25, -0.2) is 0 Å². The van der Waals surface area contributed by atoms with Crippen molar-refractivity contribution in [3.05, 3.63) is 60.2 Å². The molecule has 113 valence electrons. The molecule has 0 saturated heterocycles. The van der Waals surface area contributed by atoms with E-state index in [1.54, 1.807) is 0 Å². The highest BCUT2D eigenvalue weighted by atomic mass is 16.1. The number of carbonyl (C=O) groups excluding carboxylic acids is 1. The van der Waals surface area contributed by atoms with E-state index in [1.165, 1.54) is 37.9 Å². The van der Waals surface area contributed by atoms with Crippen LogP contribution in [0, 0.1) is 0 Å². The van der Waals surface area contributed by atoms with Crippen molar-refractivity contribution in [1.82, 2.24) is 0 Å². The maximum absolute atomic E-state index is 11.0. The van der Waals surface area contributed by atoms with E-state index in [0.717, 1.165) is 12.8 Å². The van der Waals surface area contributed by atoms with Crippen LogP contribution in [-0.4, -0.2) is 6.29 Å². The Morgan fingerprint density at radius 3 is 2.22 bits per heavy atom. The van der Waals surface area contributed by atoms with Gasteiger partial charge >= 0.3 is 0 Å². The molecule has 1 atom stereocenters. The molecule has 4 rings (SSSR count). The average molecular weight is 299 g/mol. The molecular weight excluding hydrogens is 280 g/mol. The van der Waals surface area contributed by atoms with E-state index in [1.807, 2.05) is 0 Å². The first-order valence-corrected chi connectivity index (χ1v) is 8.35. The molecule has 0 aromatic heterocycles. The topological polar surface area (TPSA) is 17.1 Å². The molecule has 1 heteroatoms. The maximum atomic E-state index is 11.0. The summed E-state index contributed by atoms with van der Waals surface area (Å²) < 4.78 is 0. The molecule has 0 bridgehead atoms. The Kier molecular flexibility index (Phi) is 3.49. The largest absolute Gasteiger partial charge is 0.291 e. The van der Waals surface area contributed by atoms with Crippen LogP contribution in [0.2, 0.25) is 0 Å². The van der Waals surface area contributed by atoms with E-state index in [9.17, 15) is 4.79 Å². The molecule has 0 aliphatic carbocycles. The van der Waals surface area contributed by atoms with Gasteiger partial charge in [0.05, 0.1) is 0 Å². The predicted octanol–water partition coefficient (Wildman–Crippen LogP) is 5.97. The fourth-order valence-corrected chi connectivity index (χ4v) is 3.93. The SMILES string of the molecule is CCCC(C[C]=O)c1ccc2ccc3cccc4ccc1c2c34. The summed E-state index contributed by atoms with van der Waals surface area (Å²) in [7, 11) is 0. The van der Waals surface area contributed by atoms with Gasteiger partial charge in [-0.05, 0) is 50.2 Å². The minimum Gasteiger partial charge on any atom is -0.291 e. The van der Waals surface area contributed by atoms with Crippen molar-refractivity contribution in [2.75, 3.05) is 0 Å². The first-order chi connectivity index (χ1) is 11.3. The zero-order valence-corrected chi connectivity index (χ0v) is 13.3. The molecule has 4 aromatic rings. The Bertz CT molecular complexity index is 967. The zero-order chi connectivity index (χ0) is 15.8. The highest BCUT2D eigenvalue weighted by Crippen LogP contribution is 2.39. The van der Waals surface area contributed by atoms with Crippen molar-refractivity contribution in [3.63, 3.8) is 0 Å². The van der Waals surface area contributed by atoms with Crippen molar-refractivity contribution in [2.24, 2.45) is 0 Å². The van der Waals surface area contributed by atoms with Crippen LogP contribution in [-0.2, 0) is 4.79 Å². The molecule has 4 aromatic carbocycles. The minimum absolute atomic E-state index is 0.266. The molecule has 0 saturated carbocycles. The van der Waals surface area contributed by atoms with Gasteiger partial charge in [0.25, 0.3) is 0 Å². The second-order valence-electron chi connectivity index (χ2n) is 6.34. The van der Waals surface area contributed by atoms with E-state index < -0.39 is 0 Å². The lowest BCUT2D eigenvalue weighted by molar-refractivity contribution is 0.534. The third-order valence-corrected chi connectivity index (χ3v) is 4.97. The number of rotatable bonds is 5. The van der Waals surface area contributed by atoms with Gasteiger partial charge < -0.3 is 0 Å². The minimum atomic E-state index is 0.266. The Balaban J connectivity index is 2.08. The third kappa shape index (κ3) is 2.19. The molecule has 0 spiro atoms. The summed E-state index contributed by atoms with van der Waals surface area (Å²) in [6, 6.07) is 19.7. The molecular formula is C22H19O. The van der Waals surface area contributed by atoms with Crippen molar-refractivity contribution in [2.45, 2.75) is 32.1 Å². The predicted molar refractivity (Wildman–Crippen MR) is 98.1 cm³/mol. The van der Waals surface area contributed by atoms with Crippen LogP contribution in [0.25, 0.3) is 32.3 Å². The van der Waals surface area contributed by atoms with Crippen LogP contribution in [0.5, 0.6) is 0 Å². The summed E-state index contributed by atoms with van der Waals surface area (Å²) in [5, 5.41) is 7.82. The summed E-state index contributed by atoms with van der Waals surface area (Å²) in [6.07, 6.45) is 4.72. The van der Waals surface area contributed by atoms with Crippen LogP contribution in [0.3, 0.4) is 0 Å². The molecule has 0 aliphatic heterocycles. The van der Waals surface area contributed by atoms with E-state index in [4.69, 9.17) is 0 Å². The zero-order valence-electron chi connectivity index (χ0n) is 13.3. The van der Waals surface area contributed by atoms with Gasteiger partial charge in [-0.15, -0.1) is 0 Å². The summed E-state index contributed by atoms with van der Waals surface area (Å²) >= 11 is 0. The van der Waals surface area contributed by atoms with E-state index in [-0.39, 0.29) is 5.92 Å². The standard InChI is InChI=1S/C22H19O/c1-2-4-15(13-14-23)19-11-9-18-8-7-16-5-3-6-17-10-12-20(19)22(18)21(16)17/h3,5-12,15H,2,4,13H2,1H3. The first kappa shape index (κ1) is 14.2. The molecule has 1 unspecified atom stereocenters. The lowest BCUT2D eigenvalue weighted by atomic mass is 9.85. The molecule has 0 N–H and O–H groups in total. The van der Waals surface area contributed by atoms with Gasteiger partial charge in [-0.1, -0.05) is 67.9 Å². The highest BCUT2D eigenvalue weighted by Gasteiger charge is 2.16. The quantitative estimate of drug-likeness (QED) is 0.415. The molecule has 0 heterocycles. The molecule has 1 radical (unpaired) electrons. The lowest BCUT2D eigenvalue weighted by Gasteiger charge is -2.19. The highest BCUT2D eigenvalue weighted by molar-refractivity contribution is 6.23.